The van der Waals surface area contributed by atoms with Crippen molar-refractivity contribution in [3.05, 3.63) is 47.5 Å². The molecule has 0 aliphatic heterocycles. The van der Waals surface area contributed by atoms with Crippen LogP contribution in [-0.4, -0.2) is 0 Å². The zero-order valence-corrected chi connectivity index (χ0v) is 10.0. The van der Waals surface area contributed by atoms with Crippen molar-refractivity contribution in [3.63, 3.8) is 0 Å². The van der Waals surface area contributed by atoms with Gasteiger partial charge in [-0.2, -0.15) is 0 Å². The normalized spacial score (nSPS) is 11.4. The first-order valence-corrected chi connectivity index (χ1v) is 5.52. The molecule has 80 valence electrons. The number of terminal acetylenes is 1. The highest BCUT2D eigenvalue weighted by Crippen LogP contribution is 2.29. The fourth-order valence-electron chi connectivity index (χ4n) is 1.87. The highest BCUT2D eigenvalue weighted by molar-refractivity contribution is 5.74. The highest BCUT2D eigenvalue weighted by Gasteiger charge is 2.13. The maximum absolute atomic E-state index is 5.48. The Morgan fingerprint density at radius 3 is 2.19 bits per heavy atom. The molecular weight excluding hydrogens is 192 g/mol. The molecular formula is C16H16. The molecule has 0 heteroatoms. The average Bonchev–Trinajstić information content (AvgIpc) is 2.46. The van der Waals surface area contributed by atoms with Gasteiger partial charge in [0.25, 0.3) is 0 Å². The number of fused-ring (bicyclic) bond motifs is 1. The van der Waals surface area contributed by atoms with Gasteiger partial charge in [-0.05, 0) is 28.2 Å². The highest BCUT2D eigenvalue weighted by atomic mass is 14.2. The predicted molar refractivity (Wildman–Crippen MR) is 69.7 cm³/mol. The van der Waals surface area contributed by atoms with Crippen molar-refractivity contribution in [2.75, 3.05) is 0 Å². The average molecular weight is 208 g/mol. The largest absolute Gasteiger partial charge is 0.115 e. The Labute approximate surface area is 97.7 Å². The van der Waals surface area contributed by atoms with Gasteiger partial charge in [0.05, 0.1) is 0 Å². The SMILES string of the molecule is C#Cc1ccc2ccc(C(C)(C)C)ccc1-2. The van der Waals surface area contributed by atoms with Crippen molar-refractivity contribution in [3.8, 4) is 23.5 Å². The van der Waals surface area contributed by atoms with E-state index in [0.717, 1.165) is 11.1 Å². The third-order valence-electron chi connectivity index (χ3n) is 2.92. The Morgan fingerprint density at radius 1 is 0.938 bits per heavy atom. The van der Waals surface area contributed by atoms with Gasteiger partial charge in [-0.1, -0.05) is 57.0 Å². The third kappa shape index (κ3) is 1.82. The molecule has 2 aliphatic carbocycles. The fourth-order valence-corrected chi connectivity index (χ4v) is 1.87. The molecule has 0 aromatic heterocycles. The van der Waals surface area contributed by atoms with Gasteiger partial charge < -0.3 is 0 Å². The Morgan fingerprint density at radius 2 is 1.56 bits per heavy atom. The van der Waals surface area contributed by atoms with Crippen LogP contribution in [0.5, 0.6) is 0 Å². The lowest BCUT2D eigenvalue weighted by atomic mass is 9.88. The van der Waals surface area contributed by atoms with Gasteiger partial charge in [0.15, 0.2) is 0 Å². The summed E-state index contributed by atoms with van der Waals surface area (Å²) in [6.45, 7) is 6.65. The molecule has 0 saturated heterocycles. The van der Waals surface area contributed by atoms with E-state index >= 15 is 0 Å². The second-order valence-corrected chi connectivity index (χ2v) is 5.13. The van der Waals surface area contributed by atoms with Crippen molar-refractivity contribution < 1.29 is 0 Å². The Balaban J connectivity index is 2.63. The van der Waals surface area contributed by atoms with E-state index in [2.05, 4.69) is 57.0 Å². The molecule has 16 heavy (non-hydrogen) atoms. The summed E-state index contributed by atoms with van der Waals surface area (Å²) in [6, 6.07) is 12.7. The van der Waals surface area contributed by atoms with Gasteiger partial charge in [-0.25, -0.2) is 0 Å². The first kappa shape index (κ1) is 10.8. The summed E-state index contributed by atoms with van der Waals surface area (Å²) in [4.78, 5) is 0. The molecule has 0 atom stereocenters. The molecule has 0 aromatic rings. The van der Waals surface area contributed by atoms with Crippen LogP contribution in [0.15, 0.2) is 36.4 Å². The monoisotopic (exact) mass is 208 g/mol. The standard InChI is InChI=1S/C16H16/c1-5-12-6-7-13-8-9-14(16(2,3)4)10-11-15(12)13/h1,6-11H,2-4H3. The quantitative estimate of drug-likeness (QED) is 0.572. The van der Waals surface area contributed by atoms with Crippen molar-refractivity contribution in [1.82, 2.24) is 0 Å². The minimum atomic E-state index is 0.173. The van der Waals surface area contributed by atoms with Crippen LogP contribution in [-0.2, 0) is 5.41 Å². The molecule has 0 saturated carbocycles. The minimum absolute atomic E-state index is 0.173. The van der Waals surface area contributed by atoms with Crippen LogP contribution in [0.25, 0.3) is 11.1 Å². The van der Waals surface area contributed by atoms with E-state index in [-0.39, 0.29) is 5.41 Å². The van der Waals surface area contributed by atoms with E-state index < -0.39 is 0 Å². The van der Waals surface area contributed by atoms with Crippen LogP contribution in [0.3, 0.4) is 0 Å². The predicted octanol–water partition coefficient (Wildman–Crippen LogP) is 4.07. The molecule has 0 unspecified atom stereocenters. The van der Waals surface area contributed by atoms with Gasteiger partial charge in [0, 0.05) is 5.56 Å². The summed E-state index contributed by atoms with van der Waals surface area (Å²) in [5, 5.41) is 0. The zero-order valence-electron chi connectivity index (χ0n) is 10.0. The molecule has 0 nitrogen and oxygen atoms in total. The summed E-state index contributed by atoms with van der Waals surface area (Å²) < 4.78 is 0. The molecule has 0 spiro atoms. The molecule has 0 aromatic carbocycles. The summed E-state index contributed by atoms with van der Waals surface area (Å²) in [7, 11) is 0. The third-order valence-corrected chi connectivity index (χ3v) is 2.92. The second kappa shape index (κ2) is 3.68. The smallest absolute Gasteiger partial charge is 0.0321 e. The summed E-state index contributed by atoms with van der Waals surface area (Å²) in [5.41, 5.74) is 4.85. The zero-order chi connectivity index (χ0) is 11.8. The van der Waals surface area contributed by atoms with Crippen molar-refractivity contribution in [1.29, 1.82) is 0 Å². The molecule has 0 N–H and O–H groups in total. The molecule has 0 bridgehead atoms. The Bertz CT molecular complexity index is 521. The number of hydrogen-bond acceptors (Lipinski definition) is 0. The molecule has 0 radical (unpaired) electrons. The summed E-state index contributed by atoms with van der Waals surface area (Å²) >= 11 is 0. The molecule has 0 fully saturated rings. The first-order chi connectivity index (χ1) is 7.52. The van der Waals surface area contributed by atoms with E-state index in [1.807, 2.05) is 6.07 Å². The van der Waals surface area contributed by atoms with Gasteiger partial charge in [-0.15, -0.1) is 6.42 Å². The first-order valence-electron chi connectivity index (χ1n) is 5.52. The lowest BCUT2D eigenvalue weighted by Gasteiger charge is -2.17. The molecule has 2 rings (SSSR count). The Kier molecular flexibility index (Phi) is 2.48. The summed E-state index contributed by atoms with van der Waals surface area (Å²) in [6.07, 6.45) is 5.48. The maximum atomic E-state index is 5.48. The lowest BCUT2D eigenvalue weighted by Crippen LogP contribution is -2.09. The van der Waals surface area contributed by atoms with E-state index in [1.165, 1.54) is 11.1 Å². The van der Waals surface area contributed by atoms with E-state index in [1.54, 1.807) is 0 Å². The second-order valence-electron chi connectivity index (χ2n) is 5.13. The van der Waals surface area contributed by atoms with Crippen molar-refractivity contribution in [2.24, 2.45) is 0 Å². The van der Waals surface area contributed by atoms with Crippen LogP contribution in [0.4, 0.5) is 0 Å². The number of rotatable bonds is 0. The van der Waals surface area contributed by atoms with Gasteiger partial charge in [0.2, 0.25) is 0 Å². The van der Waals surface area contributed by atoms with E-state index in [4.69, 9.17) is 6.42 Å². The van der Waals surface area contributed by atoms with Crippen molar-refractivity contribution >= 4 is 0 Å². The van der Waals surface area contributed by atoms with Gasteiger partial charge in [-0.3, -0.25) is 0 Å². The molecule has 0 heterocycles. The molecule has 0 amide bonds. The number of hydrogen-bond donors (Lipinski definition) is 0. The van der Waals surface area contributed by atoms with E-state index in [0.29, 0.717) is 0 Å². The van der Waals surface area contributed by atoms with Crippen molar-refractivity contribution in [2.45, 2.75) is 26.2 Å². The molecule has 2 aliphatic rings. The lowest BCUT2D eigenvalue weighted by molar-refractivity contribution is 0.591. The van der Waals surface area contributed by atoms with Gasteiger partial charge in [0.1, 0.15) is 0 Å². The van der Waals surface area contributed by atoms with Crippen LogP contribution >= 0.6 is 0 Å². The maximum Gasteiger partial charge on any atom is 0.0321 e. The topological polar surface area (TPSA) is 0 Å². The van der Waals surface area contributed by atoms with Crippen LogP contribution < -0.4 is 0 Å². The van der Waals surface area contributed by atoms with Crippen LogP contribution in [0.2, 0.25) is 0 Å². The van der Waals surface area contributed by atoms with E-state index in [9.17, 15) is 0 Å². The van der Waals surface area contributed by atoms with Gasteiger partial charge >= 0.3 is 0 Å². The van der Waals surface area contributed by atoms with Crippen LogP contribution in [0, 0.1) is 12.3 Å². The minimum Gasteiger partial charge on any atom is -0.115 e. The summed E-state index contributed by atoms with van der Waals surface area (Å²) in [5.74, 6) is 2.72. The Hall–Kier alpha value is -1.74. The fraction of sp³-hybridized carbons (Fsp3) is 0.250. The van der Waals surface area contributed by atoms with Crippen LogP contribution in [0.1, 0.15) is 31.9 Å².